The Bertz CT molecular complexity index is 441. The van der Waals surface area contributed by atoms with Crippen LogP contribution in [0.25, 0.3) is 0 Å². The molecule has 0 saturated heterocycles. The van der Waals surface area contributed by atoms with Crippen molar-refractivity contribution in [1.29, 1.82) is 0 Å². The third-order valence-corrected chi connectivity index (χ3v) is 16.1. The van der Waals surface area contributed by atoms with Gasteiger partial charge in [0.15, 0.2) is 0 Å². The van der Waals surface area contributed by atoms with Gasteiger partial charge in [-0.15, -0.1) is 0 Å². The molecule has 0 aromatic heterocycles. The fourth-order valence-corrected chi connectivity index (χ4v) is 8.63. The summed E-state index contributed by atoms with van der Waals surface area (Å²) in [7, 11) is -10.7. The Morgan fingerprint density at radius 2 is 1.57 bits per heavy atom. The monoisotopic (exact) mass is 367 g/mol. The first-order valence-electron chi connectivity index (χ1n) is 6.09. The number of esters is 1. The highest BCUT2D eigenvalue weighted by Gasteiger charge is 2.68. The summed E-state index contributed by atoms with van der Waals surface area (Å²) in [4.78, 5) is 57.2. The molecule has 0 fully saturated rings. The Balaban J connectivity index is 4.68. The molecule has 126 valence electrons. The topological polar surface area (TPSA) is 162 Å². The largest absolute Gasteiger partial charge is 0.504 e. The zero-order chi connectivity index (χ0) is 17.1. The van der Waals surface area contributed by atoms with E-state index in [1.807, 2.05) is 0 Å². The summed E-state index contributed by atoms with van der Waals surface area (Å²) < 4.78 is 27.1. The van der Waals surface area contributed by atoms with Crippen LogP contribution in [-0.2, 0) is 18.7 Å². The Kier molecular flexibility index (Phi) is 7.21. The van der Waals surface area contributed by atoms with E-state index in [1.165, 1.54) is 0 Å². The lowest BCUT2D eigenvalue weighted by molar-refractivity contribution is -0.154. The van der Waals surface area contributed by atoms with E-state index in [4.69, 9.17) is 24.3 Å². The van der Waals surface area contributed by atoms with Crippen LogP contribution in [0.1, 0.15) is 33.6 Å². The molecule has 12 heteroatoms. The van der Waals surface area contributed by atoms with E-state index in [2.05, 4.69) is 0 Å². The molecule has 21 heavy (non-hydrogen) atoms. The molecule has 0 saturated carbocycles. The summed E-state index contributed by atoms with van der Waals surface area (Å²) in [5.74, 6) is -0.528. The van der Waals surface area contributed by atoms with Gasteiger partial charge in [-0.3, -0.25) is 24.4 Å². The number of rotatable bonds is 8. The van der Waals surface area contributed by atoms with Crippen molar-refractivity contribution in [2.75, 3.05) is 12.8 Å². The van der Waals surface area contributed by atoms with Gasteiger partial charge in [-0.25, -0.2) is 14.0 Å². The minimum Gasteiger partial charge on any atom is -0.465 e. The van der Waals surface area contributed by atoms with Crippen molar-refractivity contribution in [3.05, 3.63) is 0 Å². The molecule has 0 aliphatic heterocycles. The molecule has 0 rings (SSSR count). The van der Waals surface area contributed by atoms with E-state index in [1.54, 1.807) is 20.8 Å². The summed E-state index contributed by atoms with van der Waals surface area (Å²) in [6.07, 6.45) is -0.527. The SMILES string of the molecule is CCC(C)(C)C(=O)OCCC[P+](O)(P(=O)(O)O)P(=O)(O)O. The first kappa shape index (κ1) is 21.2. The van der Waals surface area contributed by atoms with Crippen LogP contribution in [0, 0.1) is 5.41 Å². The van der Waals surface area contributed by atoms with Crippen LogP contribution < -0.4 is 0 Å². The molecule has 0 radical (unpaired) electrons. The maximum absolute atomic E-state index is 11.6. The summed E-state index contributed by atoms with van der Waals surface area (Å²) >= 11 is 0. The standard InChI is InChI=1S/C9H21O9P3/c1-4-9(2,3)8(10)18-6-5-7-19(11,20(12,13)14)21(15,16)17/h11H,4-7H2,1-3H3,(H3-,12,13,14,15,16,17)/p+1. The zero-order valence-corrected chi connectivity index (χ0v) is 14.7. The molecular formula is C9H22O9P3+. The Labute approximate surface area is 123 Å². The summed E-state index contributed by atoms with van der Waals surface area (Å²) in [6, 6.07) is 0. The number of carbonyl (C=O) groups is 1. The predicted octanol–water partition coefficient (Wildman–Crippen LogP) is 1.47. The second-order valence-corrected chi connectivity index (χ2v) is 17.1. The maximum Gasteiger partial charge on any atom is 0.504 e. The molecule has 0 aliphatic rings. The van der Waals surface area contributed by atoms with Gasteiger partial charge in [0, 0.05) is 6.42 Å². The van der Waals surface area contributed by atoms with Gasteiger partial charge < -0.3 is 4.74 Å². The molecular weight excluding hydrogens is 345 g/mol. The lowest BCUT2D eigenvalue weighted by Crippen LogP contribution is -2.26. The Hall–Kier alpha value is 0.160. The van der Waals surface area contributed by atoms with Crippen molar-refractivity contribution in [1.82, 2.24) is 0 Å². The van der Waals surface area contributed by atoms with Gasteiger partial charge in [0.25, 0.3) is 0 Å². The van der Waals surface area contributed by atoms with Gasteiger partial charge in [0.05, 0.1) is 12.0 Å². The van der Waals surface area contributed by atoms with Crippen LogP contribution in [-0.4, -0.2) is 43.2 Å². The fourth-order valence-electron chi connectivity index (χ4n) is 1.19. The van der Waals surface area contributed by atoms with Crippen molar-refractivity contribution >= 4 is 27.4 Å². The van der Waals surface area contributed by atoms with Crippen LogP contribution in [0.4, 0.5) is 0 Å². The lowest BCUT2D eigenvalue weighted by Gasteiger charge is -2.22. The quantitative estimate of drug-likeness (QED) is 0.243. The maximum atomic E-state index is 11.6. The summed E-state index contributed by atoms with van der Waals surface area (Å²) in [5.41, 5.74) is -0.724. The van der Waals surface area contributed by atoms with Crippen LogP contribution >= 0.6 is 21.4 Å². The van der Waals surface area contributed by atoms with Crippen LogP contribution in [0.3, 0.4) is 0 Å². The summed E-state index contributed by atoms with van der Waals surface area (Å²) in [5, 5.41) is 0. The average Bonchev–Trinajstić information content (AvgIpc) is 2.30. The third-order valence-electron chi connectivity index (χ3n) is 3.11. The van der Waals surface area contributed by atoms with Crippen molar-refractivity contribution in [2.24, 2.45) is 5.41 Å². The van der Waals surface area contributed by atoms with E-state index in [9.17, 15) is 18.8 Å². The molecule has 0 atom stereocenters. The molecule has 0 aromatic carbocycles. The number of carbonyl (C=O) groups excluding carboxylic acids is 1. The predicted molar refractivity (Wildman–Crippen MR) is 77.7 cm³/mol. The normalized spacial score (nSPS) is 14.1. The van der Waals surface area contributed by atoms with Crippen LogP contribution in [0.5, 0.6) is 0 Å². The second-order valence-electron chi connectivity index (χ2n) is 5.17. The van der Waals surface area contributed by atoms with E-state index < -0.39 is 39.0 Å². The van der Waals surface area contributed by atoms with Gasteiger partial charge in [-0.2, -0.15) is 0 Å². The van der Waals surface area contributed by atoms with Crippen LogP contribution in [0.2, 0.25) is 0 Å². The number of hydrogen-bond acceptors (Lipinski definition) is 5. The molecule has 0 heterocycles. The lowest BCUT2D eigenvalue weighted by atomic mass is 9.91. The smallest absolute Gasteiger partial charge is 0.465 e. The molecule has 0 aliphatic carbocycles. The first-order valence-corrected chi connectivity index (χ1v) is 12.7. The van der Waals surface area contributed by atoms with Gasteiger partial charge in [-0.05, 0) is 20.3 Å². The van der Waals surface area contributed by atoms with Crippen molar-refractivity contribution in [2.45, 2.75) is 33.6 Å². The minimum absolute atomic E-state index is 0.258. The summed E-state index contributed by atoms with van der Waals surface area (Å²) in [6.45, 7) is 0.00860. The van der Waals surface area contributed by atoms with E-state index in [-0.39, 0.29) is 13.0 Å². The molecule has 0 spiro atoms. The van der Waals surface area contributed by atoms with Gasteiger partial charge in [0.2, 0.25) is 0 Å². The molecule has 0 unspecified atom stereocenters. The molecule has 9 nitrogen and oxygen atoms in total. The molecule has 0 amide bonds. The highest BCUT2D eigenvalue weighted by atomic mass is 32.5. The van der Waals surface area contributed by atoms with Crippen molar-refractivity contribution < 1.29 is 43.1 Å². The minimum atomic E-state index is -5.35. The highest BCUT2D eigenvalue weighted by molar-refractivity contribution is 8.65. The highest BCUT2D eigenvalue weighted by Crippen LogP contribution is 3.00. The second kappa shape index (κ2) is 7.16. The first-order chi connectivity index (χ1) is 9.19. The van der Waals surface area contributed by atoms with E-state index >= 15 is 0 Å². The zero-order valence-electron chi connectivity index (χ0n) is 12.0. The number of ether oxygens (including phenoxy) is 1. The average molecular weight is 367 g/mol. The van der Waals surface area contributed by atoms with Crippen molar-refractivity contribution in [3.8, 4) is 0 Å². The third kappa shape index (κ3) is 5.38. The fraction of sp³-hybridized carbons (Fsp3) is 0.889. The van der Waals surface area contributed by atoms with Gasteiger partial charge >= 0.3 is 27.4 Å². The molecule has 0 bridgehead atoms. The Morgan fingerprint density at radius 3 is 1.90 bits per heavy atom. The van der Waals surface area contributed by atoms with Gasteiger partial charge in [0.1, 0.15) is 6.16 Å². The van der Waals surface area contributed by atoms with Gasteiger partial charge in [-0.1, -0.05) is 6.92 Å². The van der Waals surface area contributed by atoms with Crippen LogP contribution in [0.15, 0.2) is 0 Å². The molecule has 0 aromatic rings. The molecule has 5 N–H and O–H groups in total. The van der Waals surface area contributed by atoms with E-state index in [0.29, 0.717) is 6.42 Å². The number of hydrogen-bond donors (Lipinski definition) is 5. The van der Waals surface area contributed by atoms with E-state index in [0.717, 1.165) is 0 Å². The van der Waals surface area contributed by atoms with Crippen molar-refractivity contribution in [3.63, 3.8) is 0 Å². The Morgan fingerprint density at radius 1 is 1.14 bits per heavy atom.